The van der Waals surface area contributed by atoms with Crippen molar-refractivity contribution in [3.05, 3.63) is 94.9 Å². The molecule has 0 spiro atoms. The number of hydrogen-bond donors (Lipinski definition) is 2. The van der Waals surface area contributed by atoms with E-state index >= 15 is 0 Å². The molecule has 1 heterocycles. The van der Waals surface area contributed by atoms with Crippen LogP contribution in [-0.2, 0) is 13.0 Å². The number of carbonyl (C=O) groups is 2. The molecule has 8 nitrogen and oxygen atoms in total. The lowest BCUT2D eigenvalue weighted by molar-refractivity contribution is 0.0944. The number of aromatic nitrogens is 2. The summed E-state index contributed by atoms with van der Waals surface area (Å²) in [5.41, 5.74) is 1.30. The van der Waals surface area contributed by atoms with Gasteiger partial charge in [-0.25, -0.2) is 14.8 Å². The summed E-state index contributed by atoms with van der Waals surface area (Å²) in [6.07, 6.45) is 1.06. The fourth-order valence-corrected chi connectivity index (χ4v) is 2.46. The number of rotatable bonds is 7. The minimum atomic E-state index is -2.20. The van der Waals surface area contributed by atoms with Gasteiger partial charge in [-0.05, 0) is 23.3 Å². The van der Waals surface area contributed by atoms with Crippen LogP contribution in [0.3, 0.4) is 0 Å². The van der Waals surface area contributed by atoms with E-state index in [2.05, 4.69) is 25.4 Å². The molecule has 30 heavy (non-hydrogen) atoms. The fraction of sp³-hybridized carbons (Fsp3) is 0.136. The second kappa shape index (κ2) is 9.80. The van der Waals surface area contributed by atoms with Gasteiger partial charge in [0.2, 0.25) is 0 Å². The van der Waals surface area contributed by atoms with Crippen molar-refractivity contribution in [3.8, 4) is 5.75 Å². The molecule has 3 aromatic rings. The first-order chi connectivity index (χ1) is 15.3. The molecule has 1 aromatic heterocycles. The molecule has 3 rings (SSSR count). The van der Waals surface area contributed by atoms with E-state index in [9.17, 15) is 9.59 Å². The number of nitrogens with zero attached hydrogens (tertiary/aromatic N) is 3. The number of hydrogen-bond acceptors (Lipinski definition) is 5. The van der Waals surface area contributed by atoms with Crippen molar-refractivity contribution in [2.45, 2.75) is 13.0 Å². The van der Waals surface area contributed by atoms with Crippen LogP contribution in [-0.4, -0.2) is 28.9 Å². The van der Waals surface area contributed by atoms with E-state index in [4.69, 9.17) is 14.1 Å². The van der Waals surface area contributed by atoms with Crippen molar-refractivity contribution < 1.29 is 17.1 Å². The van der Waals surface area contributed by atoms with Gasteiger partial charge >= 0.3 is 0 Å². The average molecular weight is 403 g/mol. The van der Waals surface area contributed by atoms with Gasteiger partial charge in [-0.3, -0.25) is 9.59 Å². The van der Waals surface area contributed by atoms with Gasteiger partial charge in [0.05, 0.1) is 16.4 Å². The lowest BCUT2D eigenvalue weighted by Crippen LogP contribution is -2.27. The lowest BCUT2D eigenvalue weighted by Gasteiger charge is -2.08. The van der Waals surface area contributed by atoms with Crippen molar-refractivity contribution in [1.29, 1.82) is 0 Å². The third kappa shape index (κ3) is 5.39. The van der Waals surface area contributed by atoms with Crippen LogP contribution in [0.4, 0.5) is 5.69 Å². The number of methoxy groups -OCH3 is 1. The molecule has 0 atom stereocenters. The Balaban J connectivity index is 1.68. The molecule has 2 N–H and O–H groups in total. The zero-order chi connectivity index (χ0) is 23.1. The highest BCUT2D eigenvalue weighted by atomic mass is 16.5. The smallest absolute Gasteiger partial charge is 0.270 e. The van der Waals surface area contributed by atoms with Gasteiger partial charge in [0.25, 0.3) is 11.8 Å². The van der Waals surface area contributed by atoms with Crippen molar-refractivity contribution in [1.82, 2.24) is 20.6 Å². The Morgan fingerprint density at radius 2 is 1.73 bits per heavy atom. The Morgan fingerprint density at radius 1 is 1.03 bits per heavy atom. The SMILES string of the molecule is [2H]C([2H])(NC(=O)c1cc(C(=O)NCc2ccc([N+]#[C-])cc2)ncn1)c1cccc(OC)c1. The summed E-state index contributed by atoms with van der Waals surface area (Å²) in [5, 5.41) is 4.95. The number of amides is 2. The molecule has 2 aromatic carbocycles. The van der Waals surface area contributed by atoms with Gasteiger partial charge < -0.3 is 15.4 Å². The Kier molecular flexibility index (Phi) is 5.82. The summed E-state index contributed by atoms with van der Waals surface area (Å²) >= 11 is 0. The van der Waals surface area contributed by atoms with Crippen molar-refractivity contribution >= 4 is 17.5 Å². The van der Waals surface area contributed by atoms with Crippen LogP contribution in [0.25, 0.3) is 4.85 Å². The summed E-state index contributed by atoms with van der Waals surface area (Å²) < 4.78 is 21.5. The first-order valence-electron chi connectivity index (χ1n) is 9.86. The molecular formula is C22H19N5O3. The van der Waals surface area contributed by atoms with Crippen LogP contribution in [0.15, 0.2) is 60.9 Å². The van der Waals surface area contributed by atoms with Crippen LogP contribution in [0.2, 0.25) is 0 Å². The second-order valence-electron chi connectivity index (χ2n) is 6.06. The van der Waals surface area contributed by atoms with E-state index in [-0.39, 0.29) is 23.5 Å². The summed E-state index contributed by atoms with van der Waals surface area (Å²) in [6.45, 7) is 4.96. The molecule has 150 valence electrons. The molecule has 0 aliphatic rings. The molecule has 0 aliphatic heterocycles. The van der Waals surface area contributed by atoms with Gasteiger partial charge in [-0.2, -0.15) is 0 Å². The normalized spacial score (nSPS) is 11.5. The van der Waals surface area contributed by atoms with Crippen molar-refractivity contribution in [3.63, 3.8) is 0 Å². The Hall–Kier alpha value is -4.25. The van der Waals surface area contributed by atoms with Crippen LogP contribution in [0.1, 0.15) is 34.8 Å². The minimum absolute atomic E-state index is 0.0372. The van der Waals surface area contributed by atoms with Gasteiger partial charge in [0, 0.05) is 19.1 Å². The molecule has 0 saturated carbocycles. The fourth-order valence-electron chi connectivity index (χ4n) is 2.46. The van der Waals surface area contributed by atoms with Crippen LogP contribution >= 0.6 is 0 Å². The van der Waals surface area contributed by atoms with E-state index < -0.39 is 18.3 Å². The monoisotopic (exact) mass is 403 g/mol. The lowest BCUT2D eigenvalue weighted by atomic mass is 10.2. The Bertz CT molecular complexity index is 1180. The van der Waals surface area contributed by atoms with Gasteiger partial charge in [0.15, 0.2) is 5.69 Å². The number of nitrogens with one attached hydrogen (secondary N) is 2. The highest BCUT2D eigenvalue weighted by Crippen LogP contribution is 2.13. The molecule has 0 fully saturated rings. The number of benzene rings is 2. The van der Waals surface area contributed by atoms with Crippen LogP contribution in [0, 0.1) is 6.57 Å². The van der Waals surface area contributed by atoms with E-state index in [0.717, 1.165) is 11.9 Å². The summed E-state index contributed by atoms with van der Waals surface area (Å²) in [6, 6.07) is 14.2. The predicted molar refractivity (Wildman–Crippen MR) is 110 cm³/mol. The first kappa shape index (κ1) is 17.8. The minimum Gasteiger partial charge on any atom is -0.497 e. The summed E-state index contributed by atoms with van der Waals surface area (Å²) in [5.74, 6) is -0.874. The van der Waals surface area contributed by atoms with E-state index in [1.807, 2.05) is 0 Å². The molecule has 0 aliphatic carbocycles. The third-order valence-corrected chi connectivity index (χ3v) is 4.04. The quantitative estimate of drug-likeness (QED) is 0.591. The maximum absolute atomic E-state index is 12.6. The van der Waals surface area contributed by atoms with Crippen molar-refractivity contribution in [2.24, 2.45) is 0 Å². The molecule has 0 unspecified atom stereocenters. The zero-order valence-electron chi connectivity index (χ0n) is 18.0. The largest absolute Gasteiger partial charge is 0.497 e. The molecule has 2 amide bonds. The molecular weight excluding hydrogens is 382 g/mol. The van der Waals surface area contributed by atoms with E-state index in [0.29, 0.717) is 11.4 Å². The molecule has 0 bridgehead atoms. The van der Waals surface area contributed by atoms with Gasteiger partial charge in [0.1, 0.15) is 23.5 Å². The zero-order valence-corrected chi connectivity index (χ0v) is 16.0. The highest BCUT2D eigenvalue weighted by Gasteiger charge is 2.13. The predicted octanol–water partition coefficient (Wildman–Crippen LogP) is 2.90. The van der Waals surface area contributed by atoms with Crippen molar-refractivity contribution in [2.75, 3.05) is 7.11 Å². The van der Waals surface area contributed by atoms with Crippen LogP contribution in [0.5, 0.6) is 5.75 Å². The Morgan fingerprint density at radius 3 is 2.40 bits per heavy atom. The summed E-state index contributed by atoms with van der Waals surface area (Å²) in [4.78, 5) is 36.0. The maximum atomic E-state index is 12.6. The third-order valence-electron chi connectivity index (χ3n) is 4.04. The van der Waals surface area contributed by atoms with Crippen LogP contribution < -0.4 is 15.4 Å². The summed E-state index contributed by atoms with van der Waals surface area (Å²) in [7, 11) is 1.46. The number of carbonyl (C=O) groups excluding carboxylic acids is 2. The number of ether oxygens (including phenoxy) is 1. The molecule has 8 heteroatoms. The highest BCUT2D eigenvalue weighted by molar-refractivity contribution is 5.97. The molecule has 0 radical (unpaired) electrons. The topological polar surface area (TPSA) is 97.6 Å². The Labute approximate surface area is 176 Å². The molecule has 0 saturated heterocycles. The second-order valence-corrected chi connectivity index (χ2v) is 6.06. The van der Waals surface area contributed by atoms with E-state index in [1.54, 1.807) is 36.4 Å². The first-order valence-corrected chi connectivity index (χ1v) is 8.86. The standard InChI is InChI=1S/C22H19N5O3/c1-23-17-8-6-15(7-9-17)12-24-21(28)19-11-20(27-14-26-19)22(29)25-13-16-4-3-5-18(10-16)30-2/h3-11,14H,12-13H2,2H3,(H,24,28)(H,25,29)/i13D2. The average Bonchev–Trinajstić information content (AvgIpc) is 2.82. The van der Waals surface area contributed by atoms with E-state index in [1.165, 1.54) is 25.3 Å². The van der Waals surface area contributed by atoms with Gasteiger partial charge in [-0.15, -0.1) is 0 Å². The maximum Gasteiger partial charge on any atom is 0.270 e. The van der Waals surface area contributed by atoms with Gasteiger partial charge in [-0.1, -0.05) is 36.4 Å².